The first kappa shape index (κ1) is 20.1. The molecule has 6 unspecified atom stereocenters. The smallest absolute Gasteiger partial charge is 0.413 e. The molecule has 0 radical (unpaired) electrons. The van der Waals surface area contributed by atoms with E-state index >= 15 is 0 Å². The van der Waals surface area contributed by atoms with E-state index in [0.717, 1.165) is 18.7 Å². The first-order valence-electron chi connectivity index (χ1n) is 8.66. The summed E-state index contributed by atoms with van der Waals surface area (Å²) in [4.78, 5) is 36.3. The van der Waals surface area contributed by atoms with E-state index in [9.17, 15) is 14.4 Å². The number of alkyl carbamates (subject to hydrolysis) is 1. The van der Waals surface area contributed by atoms with Crippen molar-refractivity contribution in [3.63, 3.8) is 0 Å². The van der Waals surface area contributed by atoms with Gasteiger partial charge in [-0.15, -0.1) is 35.1 Å². The fourth-order valence-corrected chi connectivity index (χ4v) is 6.46. The minimum absolute atomic E-state index is 0.0614. The molecule has 26 heavy (non-hydrogen) atoms. The van der Waals surface area contributed by atoms with Crippen molar-refractivity contribution in [3.05, 3.63) is 0 Å². The van der Waals surface area contributed by atoms with Crippen molar-refractivity contribution in [2.45, 2.75) is 47.3 Å². The third kappa shape index (κ3) is 4.78. The Balaban J connectivity index is 1.52. The van der Waals surface area contributed by atoms with E-state index < -0.39 is 17.9 Å². The SMILES string of the molecule is CCOC(=O)NC(=O)C1CCSC1NC(=O)C1NC2CNC(Cl)CC2S1. The summed E-state index contributed by atoms with van der Waals surface area (Å²) in [5.41, 5.74) is -0.0614. The lowest BCUT2D eigenvalue weighted by Crippen LogP contribution is -2.52. The predicted molar refractivity (Wildman–Crippen MR) is 102 cm³/mol. The molecule has 146 valence electrons. The van der Waals surface area contributed by atoms with Gasteiger partial charge in [0.05, 0.1) is 23.4 Å². The van der Waals surface area contributed by atoms with Crippen LogP contribution in [-0.4, -0.2) is 64.4 Å². The van der Waals surface area contributed by atoms with Gasteiger partial charge in [-0.05, 0) is 25.5 Å². The number of alkyl halides is 1. The lowest BCUT2D eigenvalue weighted by atomic mass is 10.1. The van der Waals surface area contributed by atoms with Gasteiger partial charge in [0.1, 0.15) is 5.37 Å². The van der Waals surface area contributed by atoms with Crippen LogP contribution in [0.25, 0.3) is 0 Å². The molecule has 3 aliphatic heterocycles. The molecule has 0 aromatic heterocycles. The number of ether oxygens (including phenoxy) is 1. The fourth-order valence-electron chi connectivity index (χ4n) is 3.28. The molecule has 3 amide bonds. The minimum Gasteiger partial charge on any atom is -0.450 e. The molecule has 8 nitrogen and oxygen atoms in total. The number of thioether (sulfide) groups is 2. The number of hydrogen-bond acceptors (Lipinski definition) is 8. The highest BCUT2D eigenvalue weighted by molar-refractivity contribution is 8.01. The second-order valence-corrected chi connectivity index (χ2v) is 9.47. The van der Waals surface area contributed by atoms with Crippen LogP contribution >= 0.6 is 35.1 Å². The Morgan fingerprint density at radius 3 is 2.88 bits per heavy atom. The van der Waals surface area contributed by atoms with E-state index in [1.54, 1.807) is 18.7 Å². The van der Waals surface area contributed by atoms with Gasteiger partial charge < -0.3 is 10.1 Å². The second kappa shape index (κ2) is 9.01. The average Bonchev–Trinajstić information content (AvgIpc) is 3.21. The molecule has 11 heteroatoms. The number of nitrogens with one attached hydrogen (secondary N) is 4. The highest BCUT2D eigenvalue weighted by Gasteiger charge is 2.43. The Labute approximate surface area is 165 Å². The van der Waals surface area contributed by atoms with Crippen LogP contribution in [-0.2, 0) is 14.3 Å². The summed E-state index contributed by atoms with van der Waals surface area (Å²) in [6, 6.07) is 0.213. The standard InChI is InChI=1S/C15H23ClN4O4S2/c1-2-24-15(23)20-11(21)7-3-4-25-13(7)19-12(22)14-18-8-6-17-10(16)5-9(8)26-14/h7-10,13-14,17-18H,2-6H2,1H3,(H,19,22)(H,20,21,23). The summed E-state index contributed by atoms with van der Waals surface area (Å²) in [6.45, 7) is 2.60. The zero-order valence-electron chi connectivity index (χ0n) is 14.3. The minimum atomic E-state index is -0.750. The van der Waals surface area contributed by atoms with Gasteiger partial charge in [0.15, 0.2) is 0 Å². The maximum absolute atomic E-state index is 12.6. The summed E-state index contributed by atoms with van der Waals surface area (Å²) in [5, 5.41) is 11.3. The van der Waals surface area contributed by atoms with Crippen LogP contribution in [0.4, 0.5) is 4.79 Å². The van der Waals surface area contributed by atoms with Gasteiger partial charge in [-0.1, -0.05) is 0 Å². The lowest BCUT2D eigenvalue weighted by Gasteiger charge is -2.28. The van der Waals surface area contributed by atoms with Crippen LogP contribution in [0.5, 0.6) is 0 Å². The predicted octanol–water partition coefficient (Wildman–Crippen LogP) is 0.412. The zero-order valence-corrected chi connectivity index (χ0v) is 16.7. The van der Waals surface area contributed by atoms with E-state index in [1.165, 1.54) is 11.8 Å². The number of carbonyl (C=O) groups excluding carboxylic acids is 3. The number of piperidine rings is 1. The van der Waals surface area contributed by atoms with Gasteiger partial charge in [0.2, 0.25) is 11.8 Å². The van der Waals surface area contributed by atoms with Gasteiger partial charge in [-0.3, -0.25) is 25.5 Å². The molecule has 3 heterocycles. The van der Waals surface area contributed by atoms with Crippen LogP contribution in [0.15, 0.2) is 0 Å². The fraction of sp³-hybridized carbons (Fsp3) is 0.800. The third-order valence-corrected chi connectivity index (χ3v) is 7.68. The molecule has 3 aliphatic rings. The molecule has 3 fully saturated rings. The van der Waals surface area contributed by atoms with Crippen molar-refractivity contribution in [2.24, 2.45) is 5.92 Å². The van der Waals surface area contributed by atoms with Crippen LogP contribution in [0.2, 0.25) is 0 Å². The van der Waals surface area contributed by atoms with Crippen molar-refractivity contribution in [2.75, 3.05) is 18.9 Å². The first-order valence-corrected chi connectivity index (χ1v) is 11.1. The number of fused-ring (bicyclic) bond motifs is 1. The number of carbonyl (C=O) groups is 3. The van der Waals surface area contributed by atoms with Gasteiger partial charge in [-0.25, -0.2) is 4.79 Å². The molecule has 6 atom stereocenters. The van der Waals surface area contributed by atoms with Crippen LogP contribution in [0.1, 0.15) is 19.8 Å². The van der Waals surface area contributed by atoms with E-state index in [1.807, 2.05) is 0 Å². The van der Waals surface area contributed by atoms with Gasteiger partial charge >= 0.3 is 6.09 Å². The Bertz CT molecular complexity index is 570. The maximum Gasteiger partial charge on any atom is 0.413 e. The molecule has 0 saturated carbocycles. The van der Waals surface area contributed by atoms with Gasteiger partial charge in [0.25, 0.3) is 0 Å². The van der Waals surface area contributed by atoms with Crippen LogP contribution in [0, 0.1) is 5.92 Å². The summed E-state index contributed by atoms with van der Waals surface area (Å²) in [7, 11) is 0. The van der Waals surface area contributed by atoms with Crippen molar-refractivity contribution in [1.82, 2.24) is 21.3 Å². The molecule has 0 spiro atoms. The Morgan fingerprint density at radius 1 is 1.31 bits per heavy atom. The summed E-state index contributed by atoms with van der Waals surface area (Å²) >= 11 is 9.23. The highest BCUT2D eigenvalue weighted by Crippen LogP contribution is 2.35. The molecular formula is C15H23ClN4O4S2. The monoisotopic (exact) mass is 422 g/mol. The number of rotatable bonds is 4. The highest BCUT2D eigenvalue weighted by atomic mass is 35.5. The topological polar surface area (TPSA) is 109 Å². The van der Waals surface area contributed by atoms with Crippen molar-refractivity contribution in [3.8, 4) is 0 Å². The van der Waals surface area contributed by atoms with Gasteiger partial charge in [-0.2, -0.15) is 0 Å². The molecule has 0 aliphatic carbocycles. The summed E-state index contributed by atoms with van der Waals surface area (Å²) in [6.07, 6.45) is 0.658. The number of halogens is 1. The maximum atomic E-state index is 12.6. The van der Waals surface area contributed by atoms with Crippen molar-refractivity contribution < 1.29 is 19.1 Å². The molecule has 3 rings (SSSR count). The molecule has 0 aromatic rings. The average molecular weight is 423 g/mol. The number of imide groups is 1. The largest absolute Gasteiger partial charge is 0.450 e. The Kier molecular flexibility index (Phi) is 6.95. The van der Waals surface area contributed by atoms with Crippen LogP contribution in [0.3, 0.4) is 0 Å². The zero-order chi connectivity index (χ0) is 18.7. The lowest BCUT2D eigenvalue weighted by molar-refractivity contribution is -0.125. The second-order valence-electron chi connectivity index (χ2n) is 6.34. The van der Waals surface area contributed by atoms with E-state index in [0.29, 0.717) is 11.7 Å². The molecule has 0 bridgehead atoms. The quantitative estimate of drug-likeness (QED) is 0.381. The van der Waals surface area contributed by atoms with Crippen LogP contribution < -0.4 is 21.3 Å². The Morgan fingerprint density at radius 2 is 2.12 bits per heavy atom. The third-order valence-electron chi connectivity index (χ3n) is 4.58. The van der Waals surface area contributed by atoms with Crippen molar-refractivity contribution >= 4 is 53.0 Å². The van der Waals surface area contributed by atoms with E-state index in [4.69, 9.17) is 16.3 Å². The van der Waals surface area contributed by atoms with Crippen molar-refractivity contribution in [1.29, 1.82) is 0 Å². The molecule has 3 saturated heterocycles. The Hall–Kier alpha value is -0.680. The molecule has 4 N–H and O–H groups in total. The molecular weight excluding hydrogens is 400 g/mol. The summed E-state index contributed by atoms with van der Waals surface area (Å²) < 4.78 is 4.74. The van der Waals surface area contributed by atoms with Gasteiger partial charge in [0, 0.05) is 17.8 Å². The number of hydrogen-bond donors (Lipinski definition) is 4. The number of amides is 3. The summed E-state index contributed by atoms with van der Waals surface area (Å²) in [5.74, 6) is -0.242. The normalized spacial score (nSPS) is 36.2. The first-order chi connectivity index (χ1) is 12.5. The molecule has 0 aromatic carbocycles. The van der Waals surface area contributed by atoms with E-state index in [2.05, 4.69) is 21.3 Å². The van der Waals surface area contributed by atoms with E-state index in [-0.39, 0.29) is 34.8 Å².